The Balaban J connectivity index is 1.95. The molecule has 1 amide bonds. The summed E-state index contributed by atoms with van der Waals surface area (Å²) < 4.78 is 48.0. The number of rotatable bonds is 5. The van der Waals surface area contributed by atoms with E-state index in [0.717, 1.165) is 0 Å². The van der Waals surface area contributed by atoms with Crippen molar-refractivity contribution in [1.82, 2.24) is 4.72 Å². The second-order valence-corrected chi connectivity index (χ2v) is 9.37. The van der Waals surface area contributed by atoms with Gasteiger partial charge in [-0.15, -0.1) is 0 Å². The van der Waals surface area contributed by atoms with E-state index in [-0.39, 0.29) is 34.6 Å². The van der Waals surface area contributed by atoms with Crippen molar-refractivity contribution in [3.8, 4) is 0 Å². The minimum absolute atomic E-state index is 0.0553. The molecule has 1 aromatic rings. The molecule has 0 aromatic heterocycles. The SMILES string of the molecule is CNS(=O)(=O)c1ccc(NC(=O)C[C@@H]2CCS(=O)(=O)C2)cc1. The minimum Gasteiger partial charge on any atom is -0.326 e. The third-order valence-corrected chi connectivity index (χ3v) is 6.79. The molecule has 0 aliphatic carbocycles. The monoisotopic (exact) mass is 346 g/mol. The molecule has 22 heavy (non-hydrogen) atoms. The summed E-state index contributed by atoms with van der Waals surface area (Å²) in [7, 11) is -5.18. The number of nitrogens with one attached hydrogen (secondary N) is 2. The molecular formula is C13H18N2O5S2. The van der Waals surface area contributed by atoms with Gasteiger partial charge in [-0.25, -0.2) is 21.6 Å². The maximum Gasteiger partial charge on any atom is 0.240 e. The lowest BCUT2D eigenvalue weighted by Crippen LogP contribution is -2.19. The molecular weight excluding hydrogens is 328 g/mol. The molecule has 1 aliphatic heterocycles. The van der Waals surface area contributed by atoms with E-state index in [2.05, 4.69) is 10.0 Å². The lowest BCUT2D eigenvalue weighted by molar-refractivity contribution is -0.116. The fraction of sp³-hybridized carbons (Fsp3) is 0.462. The van der Waals surface area contributed by atoms with Crippen molar-refractivity contribution in [2.24, 2.45) is 5.92 Å². The van der Waals surface area contributed by atoms with Gasteiger partial charge >= 0.3 is 0 Å². The predicted octanol–water partition coefficient (Wildman–Crippen LogP) is 0.358. The van der Waals surface area contributed by atoms with Crippen LogP contribution in [0.1, 0.15) is 12.8 Å². The molecule has 9 heteroatoms. The van der Waals surface area contributed by atoms with Gasteiger partial charge in [0.1, 0.15) is 0 Å². The molecule has 2 rings (SSSR count). The summed E-state index contributed by atoms with van der Waals surface area (Å²) in [5.74, 6) is -0.221. The first-order valence-corrected chi connectivity index (χ1v) is 10.1. The van der Waals surface area contributed by atoms with E-state index in [1.54, 1.807) is 0 Å². The first-order chi connectivity index (χ1) is 10.2. The van der Waals surface area contributed by atoms with Crippen LogP contribution >= 0.6 is 0 Å². The molecule has 1 aliphatic rings. The molecule has 0 radical (unpaired) electrons. The average Bonchev–Trinajstić information content (AvgIpc) is 2.78. The van der Waals surface area contributed by atoms with Crippen molar-refractivity contribution in [3.05, 3.63) is 24.3 Å². The van der Waals surface area contributed by atoms with Crippen molar-refractivity contribution in [2.45, 2.75) is 17.7 Å². The second-order valence-electron chi connectivity index (χ2n) is 5.25. The Morgan fingerprint density at radius 1 is 1.27 bits per heavy atom. The van der Waals surface area contributed by atoms with Gasteiger partial charge in [-0.05, 0) is 43.7 Å². The first kappa shape index (κ1) is 16.9. The van der Waals surface area contributed by atoms with Gasteiger partial charge in [0.25, 0.3) is 0 Å². The number of sulfonamides is 1. The van der Waals surface area contributed by atoms with Gasteiger partial charge in [-0.3, -0.25) is 4.79 Å². The van der Waals surface area contributed by atoms with Crippen LogP contribution in [0.5, 0.6) is 0 Å². The van der Waals surface area contributed by atoms with E-state index in [9.17, 15) is 21.6 Å². The zero-order chi connectivity index (χ0) is 16.4. The van der Waals surface area contributed by atoms with Gasteiger partial charge in [0.05, 0.1) is 16.4 Å². The Labute approximate surface area is 130 Å². The topological polar surface area (TPSA) is 109 Å². The number of amides is 1. The molecule has 7 nitrogen and oxygen atoms in total. The number of carbonyl (C=O) groups excluding carboxylic acids is 1. The van der Waals surface area contributed by atoms with Crippen LogP contribution in [0.25, 0.3) is 0 Å². The molecule has 1 heterocycles. The van der Waals surface area contributed by atoms with E-state index >= 15 is 0 Å². The highest BCUT2D eigenvalue weighted by Crippen LogP contribution is 2.22. The summed E-state index contributed by atoms with van der Waals surface area (Å²) >= 11 is 0. The molecule has 122 valence electrons. The van der Waals surface area contributed by atoms with Crippen LogP contribution in [-0.4, -0.2) is 41.3 Å². The van der Waals surface area contributed by atoms with Gasteiger partial charge in [0, 0.05) is 12.1 Å². The maximum atomic E-state index is 11.9. The highest BCUT2D eigenvalue weighted by Gasteiger charge is 2.29. The quantitative estimate of drug-likeness (QED) is 0.800. The average molecular weight is 346 g/mol. The summed E-state index contributed by atoms with van der Waals surface area (Å²) in [5.41, 5.74) is 0.473. The molecule has 0 saturated carbocycles. The van der Waals surface area contributed by atoms with Gasteiger partial charge < -0.3 is 5.32 Å². The standard InChI is InChI=1S/C13H18N2O5S2/c1-14-22(19,20)12-4-2-11(3-5-12)15-13(16)8-10-6-7-21(17,18)9-10/h2-5,10,14H,6-9H2,1H3,(H,15,16)/t10-/m0/s1. The summed E-state index contributed by atoms with van der Waals surface area (Å²) in [4.78, 5) is 12.0. The normalized spacial score (nSPS) is 20.7. The summed E-state index contributed by atoms with van der Waals surface area (Å²) in [5, 5.41) is 2.64. The number of hydrogen-bond acceptors (Lipinski definition) is 5. The third-order valence-electron chi connectivity index (χ3n) is 3.52. The number of carbonyl (C=O) groups is 1. The van der Waals surface area contributed by atoms with Crippen molar-refractivity contribution in [1.29, 1.82) is 0 Å². The van der Waals surface area contributed by atoms with Crippen LogP contribution in [0.4, 0.5) is 5.69 Å². The van der Waals surface area contributed by atoms with Crippen molar-refractivity contribution >= 4 is 31.5 Å². The Kier molecular flexibility index (Phi) is 4.88. The van der Waals surface area contributed by atoms with Crippen LogP contribution in [0.3, 0.4) is 0 Å². The minimum atomic E-state index is -3.50. The fourth-order valence-electron chi connectivity index (χ4n) is 2.34. The molecule has 1 fully saturated rings. The number of sulfone groups is 1. The van der Waals surface area contributed by atoms with Crippen LogP contribution in [-0.2, 0) is 24.7 Å². The Morgan fingerprint density at radius 3 is 2.41 bits per heavy atom. The lowest BCUT2D eigenvalue weighted by atomic mass is 10.1. The number of hydrogen-bond donors (Lipinski definition) is 2. The first-order valence-electron chi connectivity index (χ1n) is 6.76. The smallest absolute Gasteiger partial charge is 0.240 e. The van der Waals surface area contributed by atoms with Crippen molar-refractivity contribution in [2.75, 3.05) is 23.9 Å². The summed E-state index contributed by atoms with van der Waals surface area (Å²) in [6.45, 7) is 0. The second kappa shape index (κ2) is 6.35. The molecule has 0 bridgehead atoms. The van der Waals surface area contributed by atoms with Crippen LogP contribution in [0.15, 0.2) is 29.2 Å². The van der Waals surface area contributed by atoms with E-state index in [0.29, 0.717) is 12.1 Å². The Hall–Kier alpha value is -1.45. The molecule has 1 saturated heterocycles. The maximum absolute atomic E-state index is 11.9. The highest BCUT2D eigenvalue weighted by atomic mass is 32.2. The molecule has 1 atom stereocenters. The van der Waals surface area contributed by atoms with E-state index < -0.39 is 19.9 Å². The van der Waals surface area contributed by atoms with Gasteiger partial charge in [0.15, 0.2) is 9.84 Å². The van der Waals surface area contributed by atoms with Crippen molar-refractivity contribution < 1.29 is 21.6 Å². The van der Waals surface area contributed by atoms with E-state index in [4.69, 9.17) is 0 Å². The number of anilines is 1. The summed E-state index contributed by atoms with van der Waals surface area (Å²) in [6.07, 6.45) is 0.658. The summed E-state index contributed by atoms with van der Waals surface area (Å²) in [6, 6.07) is 5.77. The van der Waals surface area contributed by atoms with Crippen molar-refractivity contribution in [3.63, 3.8) is 0 Å². The molecule has 0 spiro atoms. The zero-order valence-corrected chi connectivity index (χ0v) is 13.7. The molecule has 0 unspecified atom stereocenters. The van der Waals surface area contributed by atoms with Gasteiger partial charge in [-0.1, -0.05) is 0 Å². The fourth-order valence-corrected chi connectivity index (χ4v) is 4.93. The Bertz CT molecular complexity index is 754. The van der Waals surface area contributed by atoms with Crippen LogP contribution in [0.2, 0.25) is 0 Å². The molecule has 1 aromatic carbocycles. The van der Waals surface area contributed by atoms with E-state index in [1.165, 1.54) is 31.3 Å². The Morgan fingerprint density at radius 2 is 1.91 bits per heavy atom. The largest absolute Gasteiger partial charge is 0.326 e. The highest BCUT2D eigenvalue weighted by molar-refractivity contribution is 7.91. The lowest BCUT2D eigenvalue weighted by Gasteiger charge is -2.09. The number of benzene rings is 1. The van der Waals surface area contributed by atoms with Gasteiger partial charge in [0.2, 0.25) is 15.9 Å². The molecule has 2 N–H and O–H groups in total. The van der Waals surface area contributed by atoms with Crippen LogP contribution < -0.4 is 10.0 Å². The zero-order valence-electron chi connectivity index (χ0n) is 12.1. The third kappa shape index (κ3) is 4.28. The van der Waals surface area contributed by atoms with Gasteiger partial charge in [-0.2, -0.15) is 0 Å². The van der Waals surface area contributed by atoms with E-state index in [1.807, 2.05) is 0 Å². The predicted molar refractivity (Wildman–Crippen MR) is 82.7 cm³/mol. The van der Waals surface area contributed by atoms with Crippen LogP contribution in [0, 0.1) is 5.92 Å².